The molecule has 6 nitrogen and oxygen atoms in total. The fourth-order valence-corrected chi connectivity index (χ4v) is 2.92. The predicted octanol–water partition coefficient (Wildman–Crippen LogP) is 4.29. The third kappa shape index (κ3) is 5.28. The van der Waals surface area contributed by atoms with Crippen molar-refractivity contribution in [1.29, 1.82) is 0 Å². The number of carbonyl (C=O) groups excluding carboxylic acids is 2. The first-order chi connectivity index (χ1) is 13.9. The Balaban J connectivity index is 1.70. The molecule has 1 amide bonds. The molecule has 7 heteroatoms. The maximum absolute atomic E-state index is 13.1. The van der Waals surface area contributed by atoms with E-state index < -0.39 is 23.8 Å². The van der Waals surface area contributed by atoms with E-state index in [1.54, 1.807) is 44.2 Å². The van der Waals surface area contributed by atoms with Crippen molar-refractivity contribution in [1.82, 2.24) is 5.16 Å². The van der Waals surface area contributed by atoms with E-state index in [4.69, 9.17) is 9.26 Å². The topological polar surface area (TPSA) is 81.4 Å². The third-order valence-electron chi connectivity index (χ3n) is 4.46. The number of carbonyl (C=O) groups is 2. The SMILES string of the molecule is Cc1noc(C)c1CCC(=O)O[C@H](C(=O)Nc1ccc(F)cc1)c1ccccc1. The van der Waals surface area contributed by atoms with Crippen LogP contribution in [0.25, 0.3) is 0 Å². The van der Waals surface area contributed by atoms with Gasteiger partial charge in [-0.05, 0) is 44.5 Å². The van der Waals surface area contributed by atoms with Gasteiger partial charge in [0.05, 0.1) is 5.69 Å². The average molecular weight is 396 g/mol. The Kier molecular flexibility index (Phi) is 6.39. The van der Waals surface area contributed by atoms with Crippen LogP contribution in [0.5, 0.6) is 0 Å². The Bertz CT molecular complexity index is 964. The van der Waals surface area contributed by atoms with Gasteiger partial charge in [0.25, 0.3) is 5.91 Å². The normalized spacial score (nSPS) is 11.7. The largest absolute Gasteiger partial charge is 0.447 e. The predicted molar refractivity (Wildman–Crippen MR) is 105 cm³/mol. The Labute approximate surface area is 167 Å². The summed E-state index contributed by atoms with van der Waals surface area (Å²) in [6.07, 6.45) is -0.643. The number of amides is 1. The lowest BCUT2D eigenvalue weighted by atomic mass is 10.1. The summed E-state index contributed by atoms with van der Waals surface area (Å²) in [5.74, 6) is -0.793. The van der Waals surface area contributed by atoms with Crippen LogP contribution in [0.4, 0.5) is 10.1 Å². The van der Waals surface area contributed by atoms with Crippen LogP contribution in [-0.4, -0.2) is 17.0 Å². The number of ether oxygens (including phenoxy) is 1. The number of hydrogen-bond acceptors (Lipinski definition) is 5. The quantitative estimate of drug-likeness (QED) is 0.603. The molecule has 0 radical (unpaired) electrons. The van der Waals surface area contributed by atoms with E-state index in [0.29, 0.717) is 23.4 Å². The zero-order valence-electron chi connectivity index (χ0n) is 16.1. The molecule has 0 saturated carbocycles. The van der Waals surface area contributed by atoms with E-state index in [0.717, 1.165) is 11.3 Å². The fourth-order valence-electron chi connectivity index (χ4n) is 2.92. The molecule has 1 atom stereocenters. The molecule has 0 aliphatic carbocycles. The Morgan fingerprint density at radius 3 is 2.41 bits per heavy atom. The van der Waals surface area contributed by atoms with Crippen LogP contribution in [0.15, 0.2) is 59.1 Å². The van der Waals surface area contributed by atoms with Gasteiger partial charge in [0, 0.05) is 23.2 Å². The second-order valence-electron chi connectivity index (χ2n) is 6.58. The molecule has 0 aliphatic heterocycles. The van der Waals surface area contributed by atoms with Gasteiger partial charge in [-0.15, -0.1) is 0 Å². The van der Waals surface area contributed by atoms with Gasteiger partial charge in [-0.1, -0.05) is 35.5 Å². The number of aryl methyl sites for hydroxylation is 2. The summed E-state index contributed by atoms with van der Waals surface area (Å²) in [6.45, 7) is 3.59. The first-order valence-electron chi connectivity index (χ1n) is 9.16. The molecule has 3 aromatic rings. The zero-order chi connectivity index (χ0) is 20.8. The highest BCUT2D eigenvalue weighted by Crippen LogP contribution is 2.22. The number of aromatic nitrogens is 1. The number of nitrogens with zero attached hydrogens (tertiary/aromatic N) is 1. The average Bonchev–Trinajstić information content (AvgIpc) is 3.04. The molecule has 0 unspecified atom stereocenters. The van der Waals surface area contributed by atoms with Gasteiger partial charge in [-0.2, -0.15) is 0 Å². The highest BCUT2D eigenvalue weighted by atomic mass is 19.1. The van der Waals surface area contributed by atoms with Gasteiger partial charge >= 0.3 is 5.97 Å². The third-order valence-corrected chi connectivity index (χ3v) is 4.46. The van der Waals surface area contributed by atoms with Crippen molar-refractivity contribution in [3.8, 4) is 0 Å². The van der Waals surface area contributed by atoms with Crippen molar-refractivity contribution in [2.24, 2.45) is 0 Å². The number of nitrogens with one attached hydrogen (secondary N) is 1. The Hall–Kier alpha value is -3.48. The molecule has 0 spiro atoms. The molecular weight excluding hydrogens is 375 g/mol. The Morgan fingerprint density at radius 2 is 1.79 bits per heavy atom. The summed E-state index contributed by atoms with van der Waals surface area (Å²) in [4.78, 5) is 25.2. The van der Waals surface area contributed by atoms with Gasteiger partial charge in [0.1, 0.15) is 11.6 Å². The van der Waals surface area contributed by atoms with Crippen LogP contribution in [0.1, 0.15) is 35.1 Å². The van der Waals surface area contributed by atoms with E-state index in [9.17, 15) is 14.0 Å². The van der Waals surface area contributed by atoms with Crippen molar-refractivity contribution >= 4 is 17.6 Å². The molecule has 1 heterocycles. The molecule has 0 bridgehead atoms. The summed E-state index contributed by atoms with van der Waals surface area (Å²) in [5.41, 5.74) is 2.53. The van der Waals surface area contributed by atoms with Crippen LogP contribution < -0.4 is 5.32 Å². The van der Waals surface area contributed by atoms with Crippen molar-refractivity contribution in [3.63, 3.8) is 0 Å². The van der Waals surface area contributed by atoms with E-state index in [1.807, 2.05) is 0 Å². The maximum atomic E-state index is 13.1. The Morgan fingerprint density at radius 1 is 1.10 bits per heavy atom. The standard InChI is InChI=1S/C22H21FN2O4/c1-14-19(15(2)29-25-14)12-13-20(26)28-21(16-6-4-3-5-7-16)22(27)24-18-10-8-17(23)9-11-18/h3-11,21H,12-13H2,1-2H3,(H,24,27)/t21-/m0/s1. The highest BCUT2D eigenvalue weighted by Gasteiger charge is 2.25. The van der Waals surface area contributed by atoms with E-state index in [-0.39, 0.29) is 6.42 Å². The summed E-state index contributed by atoms with van der Waals surface area (Å²) in [6, 6.07) is 14.1. The van der Waals surface area contributed by atoms with Crippen LogP contribution in [0.3, 0.4) is 0 Å². The highest BCUT2D eigenvalue weighted by molar-refractivity contribution is 5.96. The molecule has 29 heavy (non-hydrogen) atoms. The molecule has 1 N–H and O–H groups in total. The van der Waals surface area contributed by atoms with Crippen molar-refractivity contribution in [2.45, 2.75) is 32.8 Å². The molecule has 0 saturated heterocycles. The number of anilines is 1. The summed E-state index contributed by atoms with van der Waals surface area (Å²) in [7, 11) is 0. The molecule has 0 fully saturated rings. The fraction of sp³-hybridized carbons (Fsp3) is 0.227. The van der Waals surface area contributed by atoms with Crippen molar-refractivity contribution in [2.75, 3.05) is 5.32 Å². The summed E-state index contributed by atoms with van der Waals surface area (Å²) in [5, 5.41) is 6.52. The maximum Gasteiger partial charge on any atom is 0.307 e. The van der Waals surface area contributed by atoms with Crippen molar-refractivity contribution < 1.29 is 23.2 Å². The minimum atomic E-state index is -1.13. The second kappa shape index (κ2) is 9.14. The minimum Gasteiger partial charge on any atom is -0.447 e. The molecular formula is C22H21FN2O4. The second-order valence-corrected chi connectivity index (χ2v) is 6.58. The molecule has 1 aromatic heterocycles. The van der Waals surface area contributed by atoms with Crippen LogP contribution in [0.2, 0.25) is 0 Å². The minimum absolute atomic E-state index is 0.0794. The monoisotopic (exact) mass is 396 g/mol. The number of halogens is 1. The molecule has 150 valence electrons. The first-order valence-corrected chi connectivity index (χ1v) is 9.16. The number of benzene rings is 2. The lowest BCUT2D eigenvalue weighted by Crippen LogP contribution is -2.26. The van der Waals surface area contributed by atoms with Crippen LogP contribution in [-0.2, 0) is 20.7 Å². The molecule has 2 aromatic carbocycles. The van der Waals surface area contributed by atoms with Crippen LogP contribution >= 0.6 is 0 Å². The zero-order valence-corrected chi connectivity index (χ0v) is 16.1. The number of esters is 1. The summed E-state index contributed by atoms with van der Waals surface area (Å²) < 4.78 is 23.7. The first kappa shape index (κ1) is 20.3. The van der Waals surface area contributed by atoms with Gasteiger partial charge in [0.2, 0.25) is 6.10 Å². The lowest BCUT2D eigenvalue weighted by Gasteiger charge is -2.18. The van der Waals surface area contributed by atoms with Crippen molar-refractivity contribution in [3.05, 3.63) is 83.0 Å². The van der Waals surface area contributed by atoms with Gasteiger partial charge < -0.3 is 14.6 Å². The van der Waals surface area contributed by atoms with Crippen LogP contribution in [0, 0.1) is 19.7 Å². The van der Waals surface area contributed by atoms with E-state index in [2.05, 4.69) is 10.5 Å². The molecule has 0 aliphatic rings. The smallest absolute Gasteiger partial charge is 0.307 e. The summed E-state index contributed by atoms with van der Waals surface area (Å²) >= 11 is 0. The van der Waals surface area contributed by atoms with E-state index >= 15 is 0 Å². The van der Waals surface area contributed by atoms with Gasteiger partial charge in [0.15, 0.2) is 0 Å². The molecule has 3 rings (SSSR count). The number of hydrogen-bond donors (Lipinski definition) is 1. The lowest BCUT2D eigenvalue weighted by molar-refractivity contribution is -0.154. The number of rotatable bonds is 7. The van der Waals surface area contributed by atoms with E-state index in [1.165, 1.54) is 24.3 Å². The van der Waals surface area contributed by atoms with Gasteiger partial charge in [-0.25, -0.2) is 4.39 Å². The van der Waals surface area contributed by atoms with Gasteiger partial charge in [-0.3, -0.25) is 9.59 Å².